The van der Waals surface area contributed by atoms with Gasteiger partial charge in [-0.1, -0.05) is 82.8 Å². The molecule has 0 saturated carbocycles. The van der Waals surface area contributed by atoms with Gasteiger partial charge >= 0.3 is 0 Å². The molecule has 3 aromatic carbocycles. The first kappa shape index (κ1) is 32.5. The number of hydrogen-bond acceptors (Lipinski definition) is 4. The normalized spacial score (nSPS) is 12.2. The summed E-state index contributed by atoms with van der Waals surface area (Å²) < 4.78 is 6.31. The minimum Gasteiger partial charge on any atom is -0.512 e. The van der Waals surface area contributed by atoms with Gasteiger partial charge in [0.15, 0.2) is 5.78 Å². The molecule has 4 aromatic rings. The quantitative estimate of drug-likeness (QED) is 0.0933. The van der Waals surface area contributed by atoms with Gasteiger partial charge in [-0.15, -0.1) is 17.5 Å². The molecule has 0 spiro atoms. The molecule has 0 aliphatic carbocycles. The largest absolute Gasteiger partial charge is 0.512 e. The van der Waals surface area contributed by atoms with Gasteiger partial charge in [-0.3, -0.25) is 9.78 Å². The van der Waals surface area contributed by atoms with E-state index in [9.17, 15) is 9.90 Å². The van der Waals surface area contributed by atoms with Crippen LogP contribution in [0.15, 0.2) is 66.6 Å². The van der Waals surface area contributed by atoms with Gasteiger partial charge in [-0.25, -0.2) is 0 Å². The van der Waals surface area contributed by atoms with E-state index in [1.165, 1.54) is 17.0 Å². The van der Waals surface area contributed by atoms with Crippen molar-refractivity contribution in [2.45, 2.75) is 73.6 Å². The summed E-state index contributed by atoms with van der Waals surface area (Å²) >= 11 is 0. The molecule has 0 unspecified atom stereocenters. The maximum atomic E-state index is 11.7. The number of allylic oxidation sites excluding steroid dienone is 2. The number of pyridine rings is 1. The summed E-state index contributed by atoms with van der Waals surface area (Å²) in [7, 11) is 0. The molecule has 2 heterocycles. The van der Waals surface area contributed by atoms with Gasteiger partial charge in [0.1, 0.15) is 5.75 Å². The summed E-state index contributed by atoms with van der Waals surface area (Å²) in [5.74, 6) is 2.91. The number of rotatable bonds is 9. The van der Waals surface area contributed by atoms with Crippen LogP contribution in [0.5, 0.6) is 11.5 Å². The van der Waals surface area contributed by atoms with Crippen LogP contribution in [0.4, 0.5) is 0 Å². The summed E-state index contributed by atoms with van der Waals surface area (Å²) in [4.78, 5) is 16.4. The third-order valence-electron chi connectivity index (χ3n) is 7.82. The van der Waals surface area contributed by atoms with Gasteiger partial charge in [0.05, 0.1) is 11.5 Å². The molecule has 0 amide bonds. The van der Waals surface area contributed by atoms with Crippen LogP contribution < -0.4 is 4.74 Å². The van der Waals surface area contributed by atoms with Crippen molar-refractivity contribution in [3.8, 4) is 22.8 Å². The first-order valence-corrected chi connectivity index (χ1v) is 14.8. The molecule has 1 radical (unpaired) electrons. The summed E-state index contributed by atoms with van der Waals surface area (Å²) in [5, 5.41) is 14.3. The van der Waals surface area contributed by atoms with Crippen molar-refractivity contribution >= 4 is 27.3 Å². The Balaban J connectivity index is 0.000000253. The summed E-state index contributed by atoms with van der Waals surface area (Å²) in [6.07, 6.45) is 7.84. The average Bonchev–Trinajstić information content (AvgIpc) is 2.93. The molecule has 219 valence electrons. The Kier molecular flexibility index (Phi) is 11.7. The topological polar surface area (TPSA) is 59.4 Å². The molecule has 4 nitrogen and oxygen atoms in total. The number of aliphatic hydroxyl groups is 1. The van der Waals surface area contributed by atoms with Crippen LogP contribution in [0.2, 0.25) is 0 Å². The van der Waals surface area contributed by atoms with Crippen LogP contribution in [-0.2, 0) is 31.3 Å². The van der Waals surface area contributed by atoms with Crippen LogP contribution in [-0.4, -0.2) is 15.9 Å². The Morgan fingerprint density at radius 2 is 1.61 bits per heavy atom. The number of aliphatic hydroxyl groups excluding tert-OH is 1. The number of carbonyl (C=O) groups excluding carboxylic acids is 1. The molecule has 1 aliphatic heterocycles. The predicted octanol–water partition coefficient (Wildman–Crippen LogP) is 10.0. The number of carbonyl (C=O) groups is 1. The Bertz CT molecular complexity index is 1520. The minimum absolute atomic E-state index is 0. The van der Waals surface area contributed by atoms with Crippen molar-refractivity contribution in [2.75, 3.05) is 0 Å². The zero-order valence-corrected chi connectivity index (χ0v) is 27.5. The number of fused-ring (bicyclic) bond motifs is 3. The molecule has 0 fully saturated rings. The number of hydrogen-bond donors (Lipinski definition) is 1. The summed E-state index contributed by atoms with van der Waals surface area (Å²) in [6, 6.07) is 20.4. The van der Waals surface area contributed by atoms with Gasteiger partial charge in [-0.2, -0.15) is 0 Å². The Morgan fingerprint density at radius 3 is 2.27 bits per heavy atom. The van der Waals surface area contributed by atoms with Crippen molar-refractivity contribution < 1.29 is 34.7 Å². The third kappa shape index (κ3) is 7.45. The van der Waals surface area contributed by atoms with E-state index in [2.05, 4.69) is 61.3 Å². The molecule has 1 aromatic heterocycles. The molecule has 5 rings (SSSR count). The van der Waals surface area contributed by atoms with E-state index in [0.29, 0.717) is 5.92 Å². The number of ether oxygens (including phenoxy) is 1. The zero-order valence-electron chi connectivity index (χ0n) is 25.1. The van der Waals surface area contributed by atoms with Crippen molar-refractivity contribution in [2.24, 2.45) is 17.8 Å². The molecule has 0 saturated heterocycles. The van der Waals surface area contributed by atoms with E-state index in [0.717, 1.165) is 71.0 Å². The Labute approximate surface area is 258 Å². The summed E-state index contributed by atoms with van der Waals surface area (Å²) in [6.45, 7) is 12.6. The maximum Gasteiger partial charge on any atom is 0.162 e. The predicted molar refractivity (Wildman–Crippen MR) is 166 cm³/mol. The van der Waals surface area contributed by atoms with Crippen LogP contribution in [0.25, 0.3) is 32.8 Å². The van der Waals surface area contributed by atoms with Crippen LogP contribution in [0.3, 0.4) is 0 Å². The van der Waals surface area contributed by atoms with Gasteiger partial charge < -0.3 is 9.84 Å². The average molecular weight is 729 g/mol. The molecular weight excluding hydrogens is 687 g/mol. The monoisotopic (exact) mass is 729 g/mol. The number of nitrogens with zero attached hydrogens (tertiary/aromatic N) is 1. The van der Waals surface area contributed by atoms with Crippen molar-refractivity contribution in [3.05, 3.63) is 78.2 Å². The molecule has 0 bridgehead atoms. The van der Waals surface area contributed by atoms with Gasteiger partial charge in [-0.05, 0) is 61.1 Å². The standard InChI is InChI=1S/C23H18NO.C13H24O2.Ir/c1-14(2)9-15-10-18-7-8-24-23-19-12-16-5-3-4-6-17(16)13-20(19)25-21(11-15)22(18)23;1-5-10(6-2)12(14)9-13(15)11(7-3)8-4;/h3-8,10-11,13-14H,9H2,1-2H3;9-11,14H,5-8H2,1-4H3;/q-1;;/b;12-9-;. The second-order valence-corrected chi connectivity index (χ2v) is 11.1. The van der Waals surface area contributed by atoms with Crippen molar-refractivity contribution in [1.82, 2.24) is 4.98 Å². The van der Waals surface area contributed by atoms with Crippen molar-refractivity contribution in [1.29, 1.82) is 0 Å². The van der Waals surface area contributed by atoms with E-state index in [1.54, 1.807) is 0 Å². The second kappa shape index (κ2) is 14.8. The fourth-order valence-corrected chi connectivity index (χ4v) is 5.50. The van der Waals surface area contributed by atoms with Gasteiger partial charge in [0.25, 0.3) is 0 Å². The minimum atomic E-state index is 0. The summed E-state index contributed by atoms with van der Waals surface area (Å²) in [5.41, 5.74) is 3.23. The van der Waals surface area contributed by atoms with E-state index in [1.807, 2.05) is 46.0 Å². The van der Waals surface area contributed by atoms with Gasteiger partial charge in [0.2, 0.25) is 0 Å². The first-order valence-electron chi connectivity index (χ1n) is 14.8. The Morgan fingerprint density at radius 1 is 0.927 bits per heavy atom. The molecule has 5 heteroatoms. The van der Waals surface area contributed by atoms with Crippen molar-refractivity contribution in [3.63, 3.8) is 0 Å². The van der Waals surface area contributed by atoms with E-state index >= 15 is 0 Å². The van der Waals surface area contributed by atoms with E-state index < -0.39 is 0 Å². The van der Waals surface area contributed by atoms with Gasteiger partial charge in [0, 0.05) is 55.3 Å². The van der Waals surface area contributed by atoms with Crippen LogP contribution in [0, 0.1) is 23.8 Å². The fraction of sp³-hybridized carbons (Fsp3) is 0.389. The molecule has 0 atom stereocenters. The number of ketones is 1. The molecule has 1 N–H and O–H groups in total. The third-order valence-corrected chi connectivity index (χ3v) is 7.82. The maximum absolute atomic E-state index is 11.7. The SMILES string of the molecule is CC(C)Cc1cc2c3c(nccc3c1)-c1[c-]c3ccccc3cc1O2.CCC(CC)C(=O)/C=C(\O)C(CC)CC.[Ir]. The van der Waals surface area contributed by atoms with Crippen LogP contribution in [0.1, 0.15) is 72.8 Å². The number of benzene rings is 3. The first-order chi connectivity index (χ1) is 19.3. The van der Waals surface area contributed by atoms with E-state index in [4.69, 9.17) is 4.74 Å². The Hall–Kier alpha value is -3.01. The number of aromatic nitrogens is 1. The molecule has 41 heavy (non-hydrogen) atoms. The smallest absolute Gasteiger partial charge is 0.162 e. The molecular formula is C36H42IrNO3-. The molecule has 1 aliphatic rings. The fourth-order valence-electron chi connectivity index (χ4n) is 5.50. The van der Waals surface area contributed by atoms with E-state index in [-0.39, 0.29) is 43.5 Å². The van der Waals surface area contributed by atoms with Crippen LogP contribution >= 0.6 is 0 Å². The zero-order chi connectivity index (χ0) is 28.8. The second-order valence-electron chi connectivity index (χ2n) is 11.1.